The van der Waals surface area contributed by atoms with E-state index >= 15 is 0 Å². The van der Waals surface area contributed by atoms with Crippen molar-refractivity contribution in [2.75, 3.05) is 6.54 Å². The van der Waals surface area contributed by atoms with Gasteiger partial charge >= 0.3 is 0 Å². The number of rotatable bonds is 4. The average molecular weight is 269 g/mol. The van der Waals surface area contributed by atoms with Crippen molar-refractivity contribution in [2.24, 2.45) is 0 Å². The van der Waals surface area contributed by atoms with Crippen molar-refractivity contribution in [3.63, 3.8) is 0 Å². The van der Waals surface area contributed by atoms with E-state index in [9.17, 15) is 13.5 Å². The molecule has 0 spiro atoms. The standard InChI is InChI=1S/C13H19NO3S/c1-11-6-2-3-7-12(11)18(16,17)14-10-13(15)8-4-5-9-13/h2-3,6-7,14-15H,4-5,8-10H2,1H3. The van der Waals surface area contributed by atoms with Crippen molar-refractivity contribution >= 4 is 10.0 Å². The van der Waals surface area contributed by atoms with Crippen molar-refractivity contribution in [3.8, 4) is 0 Å². The molecule has 1 aromatic rings. The Kier molecular flexibility index (Phi) is 3.75. The summed E-state index contributed by atoms with van der Waals surface area (Å²) in [7, 11) is -3.53. The number of sulfonamides is 1. The molecule has 0 aliphatic heterocycles. The zero-order valence-corrected chi connectivity index (χ0v) is 11.3. The maximum Gasteiger partial charge on any atom is 0.240 e. The van der Waals surface area contributed by atoms with Gasteiger partial charge in [-0.3, -0.25) is 0 Å². The third-order valence-corrected chi connectivity index (χ3v) is 5.07. The quantitative estimate of drug-likeness (QED) is 0.872. The molecule has 0 radical (unpaired) electrons. The Morgan fingerprint density at radius 3 is 2.50 bits per heavy atom. The van der Waals surface area contributed by atoms with Gasteiger partial charge in [0.15, 0.2) is 0 Å². The Labute approximate surface area is 108 Å². The molecular weight excluding hydrogens is 250 g/mol. The Morgan fingerprint density at radius 2 is 1.89 bits per heavy atom. The van der Waals surface area contributed by atoms with Gasteiger partial charge in [0.2, 0.25) is 10.0 Å². The monoisotopic (exact) mass is 269 g/mol. The van der Waals surface area contributed by atoms with Crippen LogP contribution in [0, 0.1) is 6.92 Å². The number of nitrogens with one attached hydrogen (secondary N) is 1. The minimum atomic E-state index is -3.53. The van der Waals surface area contributed by atoms with Crippen LogP contribution in [0.25, 0.3) is 0 Å². The van der Waals surface area contributed by atoms with Gasteiger partial charge < -0.3 is 5.11 Å². The van der Waals surface area contributed by atoms with Crippen molar-refractivity contribution in [1.29, 1.82) is 0 Å². The third kappa shape index (κ3) is 2.91. The summed E-state index contributed by atoms with van der Waals surface area (Å²) < 4.78 is 26.8. The van der Waals surface area contributed by atoms with Crippen LogP contribution in [0.3, 0.4) is 0 Å². The van der Waals surface area contributed by atoms with Gasteiger partial charge in [0.05, 0.1) is 10.5 Å². The Bertz CT molecular complexity index is 519. The number of aryl methyl sites for hydroxylation is 1. The molecule has 0 aromatic heterocycles. The summed E-state index contributed by atoms with van der Waals surface area (Å²) in [6.45, 7) is 1.86. The van der Waals surface area contributed by atoms with Gasteiger partial charge in [0, 0.05) is 6.54 Å². The highest BCUT2D eigenvalue weighted by Crippen LogP contribution is 2.29. The van der Waals surface area contributed by atoms with E-state index in [-0.39, 0.29) is 11.4 Å². The molecule has 100 valence electrons. The second kappa shape index (κ2) is 4.99. The molecule has 5 heteroatoms. The topological polar surface area (TPSA) is 66.4 Å². The molecule has 1 fully saturated rings. The first-order chi connectivity index (χ1) is 8.43. The Balaban J connectivity index is 2.11. The summed E-state index contributed by atoms with van der Waals surface area (Å²) in [5.41, 5.74) is -0.154. The van der Waals surface area contributed by atoms with Crippen molar-refractivity contribution in [1.82, 2.24) is 4.72 Å². The first kappa shape index (κ1) is 13.5. The van der Waals surface area contributed by atoms with Gasteiger partial charge in [-0.15, -0.1) is 0 Å². The highest BCUT2D eigenvalue weighted by atomic mass is 32.2. The van der Waals surface area contributed by atoms with E-state index in [1.54, 1.807) is 31.2 Å². The van der Waals surface area contributed by atoms with Crippen LogP contribution in [0.5, 0.6) is 0 Å². The minimum Gasteiger partial charge on any atom is -0.389 e. The maximum atomic E-state index is 12.1. The van der Waals surface area contributed by atoms with Gasteiger partial charge in [0.1, 0.15) is 0 Å². The number of benzene rings is 1. The predicted octanol–water partition coefficient (Wildman–Crippen LogP) is 1.58. The molecule has 0 saturated heterocycles. The number of hydrogen-bond acceptors (Lipinski definition) is 3. The van der Waals surface area contributed by atoms with Crippen molar-refractivity contribution in [2.45, 2.75) is 43.1 Å². The van der Waals surface area contributed by atoms with Gasteiger partial charge in [0.25, 0.3) is 0 Å². The highest BCUT2D eigenvalue weighted by Gasteiger charge is 2.32. The summed E-state index contributed by atoms with van der Waals surface area (Å²) in [5, 5.41) is 10.1. The molecule has 0 unspecified atom stereocenters. The summed E-state index contributed by atoms with van der Waals surface area (Å²) in [4.78, 5) is 0.284. The zero-order valence-electron chi connectivity index (χ0n) is 10.5. The Hall–Kier alpha value is -0.910. The SMILES string of the molecule is Cc1ccccc1S(=O)(=O)NCC1(O)CCCC1. The van der Waals surface area contributed by atoms with Crippen LogP contribution in [0.1, 0.15) is 31.2 Å². The molecular formula is C13H19NO3S. The molecule has 18 heavy (non-hydrogen) atoms. The molecule has 0 amide bonds. The fraction of sp³-hybridized carbons (Fsp3) is 0.538. The molecule has 2 N–H and O–H groups in total. The lowest BCUT2D eigenvalue weighted by atomic mass is 10.0. The fourth-order valence-corrected chi connectivity index (χ4v) is 3.74. The summed E-state index contributed by atoms with van der Waals surface area (Å²) in [6, 6.07) is 6.85. The lowest BCUT2D eigenvalue weighted by Crippen LogP contribution is -2.40. The summed E-state index contributed by atoms with van der Waals surface area (Å²) >= 11 is 0. The lowest BCUT2D eigenvalue weighted by molar-refractivity contribution is 0.0531. The van der Waals surface area contributed by atoms with Crippen LogP contribution >= 0.6 is 0 Å². The summed E-state index contributed by atoms with van der Waals surface area (Å²) in [5.74, 6) is 0. The largest absolute Gasteiger partial charge is 0.389 e. The zero-order chi connectivity index (χ0) is 13.2. The van der Waals surface area contributed by atoms with Gasteiger partial charge in [-0.1, -0.05) is 31.0 Å². The van der Waals surface area contributed by atoms with Crippen LogP contribution in [0.15, 0.2) is 29.2 Å². The first-order valence-electron chi connectivity index (χ1n) is 6.21. The normalized spacial score (nSPS) is 19.0. The van der Waals surface area contributed by atoms with Crippen LogP contribution in [-0.2, 0) is 10.0 Å². The van der Waals surface area contributed by atoms with E-state index in [1.165, 1.54) is 0 Å². The molecule has 1 aliphatic rings. The highest BCUT2D eigenvalue weighted by molar-refractivity contribution is 7.89. The molecule has 0 heterocycles. The first-order valence-corrected chi connectivity index (χ1v) is 7.69. The predicted molar refractivity (Wildman–Crippen MR) is 69.8 cm³/mol. The van der Waals surface area contributed by atoms with E-state index in [4.69, 9.17) is 0 Å². The molecule has 1 aliphatic carbocycles. The van der Waals surface area contributed by atoms with Crippen LogP contribution in [0.2, 0.25) is 0 Å². The smallest absolute Gasteiger partial charge is 0.240 e. The Morgan fingerprint density at radius 1 is 1.28 bits per heavy atom. The number of hydrogen-bond donors (Lipinski definition) is 2. The third-order valence-electron chi connectivity index (χ3n) is 3.51. The summed E-state index contributed by atoms with van der Waals surface area (Å²) in [6.07, 6.45) is 3.26. The van der Waals surface area contributed by atoms with E-state index in [0.717, 1.165) is 12.8 Å². The van der Waals surface area contributed by atoms with E-state index in [0.29, 0.717) is 18.4 Å². The number of aliphatic hydroxyl groups is 1. The molecule has 1 saturated carbocycles. The van der Waals surface area contributed by atoms with Gasteiger partial charge in [-0.2, -0.15) is 0 Å². The van der Waals surface area contributed by atoms with E-state index in [2.05, 4.69) is 4.72 Å². The molecule has 1 aromatic carbocycles. The molecule has 2 rings (SSSR count). The van der Waals surface area contributed by atoms with Crippen LogP contribution < -0.4 is 4.72 Å². The molecule has 0 atom stereocenters. The minimum absolute atomic E-state index is 0.101. The lowest BCUT2D eigenvalue weighted by Gasteiger charge is -2.22. The maximum absolute atomic E-state index is 12.1. The van der Waals surface area contributed by atoms with E-state index < -0.39 is 15.6 Å². The average Bonchev–Trinajstić information content (AvgIpc) is 2.75. The van der Waals surface area contributed by atoms with Crippen LogP contribution in [0.4, 0.5) is 0 Å². The second-order valence-electron chi connectivity index (χ2n) is 5.02. The molecule has 4 nitrogen and oxygen atoms in total. The van der Waals surface area contributed by atoms with Gasteiger partial charge in [-0.25, -0.2) is 13.1 Å². The van der Waals surface area contributed by atoms with Crippen molar-refractivity contribution in [3.05, 3.63) is 29.8 Å². The van der Waals surface area contributed by atoms with Crippen LogP contribution in [-0.4, -0.2) is 25.7 Å². The second-order valence-corrected chi connectivity index (χ2v) is 6.76. The van der Waals surface area contributed by atoms with Crippen molar-refractivity contribution < 1.29 is 13.5 Å². The fourth-order valence-electron chi connectivity index (χ4n) is 2.37. The van der Waals surface area contributed by atoms with E-state index in [1.807, 2.05) is 0 Å². The molecule has 0 bridgehead atoms. The van der Waals surface area contributed by atoms with Gasteiger partial charge in [-0.05, 0) is 31.4 Å².